The van der Waals surface area contributed by atoms with Crippen molar-refractivity contribution in [1.82, 2.24) is 14.9 Å². The standard InChI is InChI=1S/C22H25N3O4/c1-3-20-24-18-9-4-5-10-19(18)25(20)14-22(27)29-15-21(26)23-11-12-28-17-8-6-7-16(2)13-17/h4-10,13H,3,11-12,14-15H2,1-2H3,(H,23,26). The van der Waals surface area contributed by atoms with Crippen molar-refractivity contribution >= 4 is 22.9 Å². The van der Waals surface area contributed by atoms with Crippen LogP contribution in [0.1, 0.15) is 18.3 Å². The lowest BCUT2D eigenvalue weighted by Crippen LogP contribution is -2.32. The van der Waals surface area contributed by atoms with Crippen molar-refractivity contribution in [2.45, 2.75) is 26.8 Å². The topological polar surface area (TPSA) is 82.5 Å². The lowest BCUT2D eigenvalue weighted by molar-refractivity contribution is -0.149. The van der Waals surface area contributed by atoms with Gasteiger partial charge < -0.3 is 19.4 Å². The van der Waals surface area contributed by atoms with Gasteiger partial charge in [0.1, 0.15) is 24.7 Å². The van der Waals surface area contributed by atoms with E-state index in [2.05, 4.69) is 10.3 Å². The molecule has 0 saturated carbocycles. The van der Waals surface area contributed by atoms with Gasteiger partial charge in [-0.25, -0.2) is 4.98 Å². The third-order valence-electron chi connectivity index (χ3n) is 4.38. The molecule has 0 atom stereocenters. The van der Waals surface area contributed by atoms with E-state index in [1.807, 2.05) is 66.9 Å². The molecule has 152 valence electrons. The predicted octanol–water partition coefficient (Wildman–Crippen LogP) is 2.65. The van der Waals surface area contributed by atoms with E-state index in [4.69, 9.17) is 9.47 Å². The third kappa shape index (κ3) is 5.57. The van der Waals surface area contributed by atoms with E-state index in [9.17, 15) is 9.59 Å². The van der Waals surface area contributed by atoms with Crippen LogP contribution in [0, 0.1) is 6.92 Å². The van der Waals surface area contributed by atoms with E-state index in [0.717, 1.165) is 28.2 Å². The molecule has 1 aromatic heterocycles. The fourth-order valence-corrected chi connectivity index (χ4v) is 3.01. The van der Waals surface area contributed by atoms with Crippen LogP contribution in [0.15, 0.2) is 48.5 Å². The number of para-hydroxylation sites is 2. The summed E-state index contributed by atoms with van der Waals surface area (Å²) in [4.78, 5) is 28.6. The summed E-state index contributed by atoms with van der Waals surface area (Å²) in [5.41, 5.74) is 2.82. The van der Waals surface area contributed by atoms with Gasteiger partial charge in [0.15, 0.2) is 6.61 Å². The second kappa shape index (κ2) is 9.73. The lowest BCUT2D eigenvalue weighted by atomic mass is 10.2. The minimum atomic E-state index is -0.478. The van der Waals surface area contributed by atoms with Crippen LogP contribution in [0.2, 0.25) is 0 Å². The quantitative estimate of drug-likeness (QED) is 0.445. The Morgan fingerprint density at radius 3 is 2.76 bits per heavy atom. The van der Waals surface area contributed by atoms with Crippen LogP contribution in [0.3, 0.4) is 0 Å². The van der Waals surface area contributed by atoms with Crippen molar-refractivity contribution in [3.63, 3.8) is 0 Å². The van der Waals surface area contributed by atoms with Crippen LogP contribution in [-0.4, -0.2) is 41.2 Å². The average Bonchev–Trinajstić information content (AvgIpc) is 3.07. The van der Waals surface area contributed by atoms with Crippen LogP contribution in [-0.2, 0) is 27.3 Å². The Balaban J connectivity index is 1.42. The Bertz CT molecular complexity index is 997. The largest absolute Gasteiger partial charge is 0.492 e. The van der Waals surface area contributed by atoms with Crippen LogP contribution >= 0.6 is 0 Å². The number of esters is 1. The van der Waals surface area contributed by atoms with Gasteiger partial charge in [-0.3, -0.25) is 9.59 Å². The summed E-state index contributed by atoms with van der Waals surface area (Å²) in [5, 5.41) is 2.67. The number of nitrogens with one attached hydrogen (secondary N) is 1. The van der Waals surface area contributed by atoms with E-state index in [1.54, 1.807) is 0 Å². The second-order valence-corrected chi connectivity index (χ2v) is 6.63. The van der Waals surface area contributed by atoms with Gasteiger partial charge in [0.25, 0.3) is 5.91 Å². The summed E-state index contributed by atoms with van der Waals surface area (Å²) in [6, 6.07) is 15.3. The average molecular weight is 395 g/mol. The van der Waals surface area contributed by atoms with Crippen LogP contribution in [0.5, 0.6) is 5.75 Å². The Morgan fingerprint density at radius 2 is 1.97 bits per heavy atom. The highest BCUT2D eigenvalue weighted by Gasteiger charge is 2.14. The van der Waals surface area contributed by atoms with Crippen LogP contribution in [0.25, 0.3) is 11.0 Å². The first-order chi connectivity index (χ1) is 14.1. The van der Waals surface area contributed by atoms with Gasteiger partial charge in [-0.1, -0.05) is 31.2 Å². The number of nitrogens with zero attached hydrogens (tertiary/aromatic N) is 2. The zero-order valence-corrected chi connectivity index (χ0v) is 16.7. The van der Waals surface area contributed by atoms with E-state index in [-0.39, 0.29) is 19.1 Å². The molecule has 0 aliphatic carbocycles. The summed E-state index contributed by atoms with van der Waals surface area (Å²) in [6.45, 7) is 4.33. The van der Waals surface area contributed by atoms with E-state index in [1.165, 1.54) is 0 Å². The highest BCUT2D eigenvalue weighted by molar-refractivity contribution is 5.82. The zero-order valence-electron chi connectivity index (χ0n) is 16.7. The number of aromatic nitrogens is 2. The first-order valence-corrected chi connectivity index (χ1v) is 9.62. The van der Waals surface area contributed by atoms with Gasteiger partial charge in [0, 0.05) is 6.42 Å². The van der Waals surface area contributed by atoms with Crippen molar-refractivity contribution in [2.75, 3.05) is 19.8 Å². The molecule has 0 aliphatic rings. The molecule has 0 radical (unpaired) electrons. The molecular formula is C22H25N3O4. The monoisotopic (exact) mass is 395 g/mol. The Hall–Kier alpha value is -3.35. The predicted molar refractivity (Wildman–Crippen MR) is 110 cm³/mol. The molecule has 29 heavy (non-hydrogen) atoms. The van der Waals surface area contributed by atoms with Gasteiger partial charge >= 0.3 is 5.97 Å². The van der Waals surface area contributed by atoms with Crippen molar-refractivity contribution < 1.29 is 19.1 Å². The number of ether oxygens (including phenoxy) is 2. The molecule has 0 unspecified atom stereocenters. The van der Waals surface area contributed by atoms with Gasteiger partial charge in [0.05, 0.1) is 17.6 Å². The van der Waals surface area contributed by atoms with Crippen molar-refractivity contribution in [3.8, 4) is 5.75 Å². The maximum atomic E-state index is 12.2. The highest BCUT2D eigenvalue weighted by Crippen LogP contribution is 2.16. The summed E-state index contributed by atoms with van der Waals surface area (Å²) >= 11 is 0. The van der Waals surface area contributed by atoms with Gasteiger partial charge in [0.2, 0.25) is 0 Å². The zero-order chi connectivity index (χ0) is 20.6. The molecule has 0 spiro atoms. The van der Waals surface area contributed by atoms with Crippen molar-refractivity contribution in [3.05, 3.63) is 59.9 Å². The van der Waals surface area contributed by atoms with Crippen molar-refractivity contribution in [2.24, 2.45) is 0 Å². The van der Waals surface area contributed by atoms with Gasteiger partial charge in [-0.15, -0.1) is 0 Å². The fraction of sp³-hybridized carbons (Fsp3) is 0.318. The Morgan fingerprint density at radius 1 is 1.14 bits per heavy atom. The number of carbonyl (C=O) groups excluding carboxylic acids is 2. The molecular weight excluding hydrogens is 370 g/mol. The molecule has 1 amide bonds. The molecule has 1 heterocycles. The molecule has 0 fully saturated rings. The number of rotatable bonds is 9. The number of imidazole rings is 1. The number of benzene rings is 2. The van der Waals surface area contributed by atoms with E-state index >= 15 is 0 Å². The number of carbonyl (C=O) groups is 2. The number of hydrogen-bond donors (Lipinski definition) is 1. The van der Waals surface area contributed by atoms with Gasteiger partial charge in [-0.05, 0) is 36.8 Å². The number of amides is 1. The molecule has 0 aliphatic heterocycles. The van der Waals surface area contributed by atoms with Crippen LogP contribution < -0.4 is 10.1 Å². The normalized spacial score (nSPS) is 10.7. The molecule has 7 heteroatoms. The maximum Gasteiger partial charge on any atom is 0.326 e. The highest BCUT2D eigenvalue weighted by atomic mass is 16.5. The van der Waals surface area contributed by atoms with E-state index in [0.29, 0.717) is 19.6 Å². The second-order valence-electron chi connectivity index (χ2n) is 6.63. The van der Waals surface area contributed by atoms with Crippen molar-refractivity contribution in [1.29, 1.82) is 0 Å². The number of fused-ring (bicyclic) bond motifs is 1. The third-order valence-corrected chi connectivity index (χ3v) is 4.38. The maximum absolute atomic E-state index is 12.2. The van der Waals surface area contributed by atoms with Crippen LogP contribution in [0.4, 0.5) is 0 Å². The number of aryl methyl sites for hydroxylation is 2. The molecule has 1 N–H and O–H groups in total. The molecule has 0 bridgehead atoms. The smallest absolute Gasteiger partial charge is 0.326 e. The molecule has 7 nitrogen and oxygen atoms in total. The molecule has 3 aromatic rings. The lowest BCUT2D eigenvalue weighted by Gasteiger charge is -2.10. The fourth-order valence-electron chi connectivity index (χ4n) is 3.01. The van der Waals surface area contributed by atoms with E-state index < -0.39 is 5.97 Å². The number of hydrogen-bond acceptors (Lipinski definition) is 5. The summed E-state index contributed by atoms with van der Waals surface area (Å²) in [5.74, 6) is 0.720. The molecule has 2 aromatic carbocycles. The first-order valence-electron chi connectivity index (χ1n) is 9.62. The minimum Gasteiger partial charge on any atom is -0.492 e. The van der Waals surface area contributed by atoms with Gasteiger partial charge in [-0.2, -0.15) is 0 Å². The Labute approximate surface area is 169 Å². The molecule has 3 rings (SSSR count). The summed E-state index contributed by atoms with van der Waals surface area (Å²) in [6.07, 6.45) is 0.698. The summed E-state index contributed by atoms with van der Waals surface area (Å²) < 4.78 is 12.5. The minimum absolute atomic E-state index is 0.0213. The Kier molecular flexibility index (Phi) is 6.84. The molecule has 0 saturated heterocycles. The first kappa shape index (κ1) is 20.4. The summed E-state index contributed by atoms with van der Waals surface area (Å²) in [7, 11) is 0. The SMILES string of the molecule is CCc1nc2ccccc2n1CC(=O)OCC(=O)NCCOc1cccc(C)c1.